The second kappa shape index (κ2) is 8.41. The van der Waals surface area contributed by atoms with Crippen molar-refractivity contribution in [2.45, 2.75) is 31.6 Å². The van der Waals surface area contributed by atoms with Gasteiger partial charge in [0.2, 0.25) is 12.7 Å². The Morgan fingerprint density at radius 2 is 1.77 bits per heavy atom. The van der Waals surface area contributed by atoms with E-state index < -0.39 is 5.41 Å². The van der Waals surface area contributed by atoms with E-state index >= 15 is 0 Å². The first-order chi connectivity index (χ1) is 17.2. The maximum Gasteiger partial charge on any atom is 0.245 e. The van der Waals surface area contributed by atoms with Crippen molar-refractivity contribution < 1.29 is 23.7 Å². The van der Waals surface area contributed by atoms with Crippen LogP contribution in [0.25, 0.3) is 0 Å². The first-order valence-corrected chi connectivity index (χ1v) is 12.1. The van der Waals surface area contributed by atoms with E-state index in [2.05, 4.69) is 12.2 Å². The number of hydrogen-bond acceptors (Lipinski definition) is 6. The van der Waals surface area contributed by atoms with E-state index in [1.807, 2.05) is 59.5 Å². The zero-order chi connectivity index (χ0) is 24.0. The van der Waals surface area contributed by atoms with Crippen LogP contribution in [0.2, 0.25) is 0 Å². The summed E-state index contributed by atoms with van der Waals surface area (Å²) in [6.45, 7) is 3.23. The summed E-state index contributed by atoms with van der Waals surface area (Å²) >= 11 is 0. The Hall–Kier alpha value is -3.87. The SMILES string of the molecule is CCCCCN1C(=O)C2(COc3cc4c(cc32)OCO4)c2c(Nc3ccccc3OC)cccc21. The van der Waals surface area contributed by atoms with E-state index in [-0.39, 0.29) is 19.3 Å². The summed E-state index contributed by atoms with van der Waals surface area (Å²) in [5.74, 6) is 2.72. The number of carbonyl (C=O) groups is 1. The molecule has 1 N–H and O–H groups in total. The Morgan fingerprint density at radius 1 is 0.971 bits per heavy atom. The summed E-state index contributed by atoms with van der Waals surface area (Å²) in [5.41, 5.74) is 3.38. The number of para-hydroxylation sites is 2. The van der Waals surface area contributed by atoms with Gasteiger partial charge in [0, 0.05) is 29.4 Å². The number of hydrogen-bond donors (Lipinski definition) is 1. The van der Waals surface area contributed by atoms with Crippen LogP contribution in [0.5, 0.6) is 23.0 Å². The molecule has 0 bridgehead atoms. The van der Waals surface area contributed by atoms with Crippen LogP contribution in [-0.4, -0.2) is 33.0 Å². The highest BCUT2D eigenvalue weighted by molar-refractivity contribution is 6.13. The van der Waals surface area contributed by atoms with Crippen LogP contribution < -0.4 is 29.2 Å². The van der Waals surface area contributed by atoms with Gasteiger partial charge in [-0.15, -0.1) is 0 Å². The lowest BCUT2D eigenvalue weighted by Gasteiger charge is -2.24. The number of fused-ring (bicyclic) bond motifs is 5. The molecule has 0 fully saturated rings. The van der Waals surface area contributed by atoms with Gasteiger partial charge in [-0.25, -0.2) is 0 Å². The zero-order valence-corrected chi connectivity index (χ0v) is 19.9. The van der Waals surface area contributed by atoms with Gasteiger partial charge in [0.15, 0.2) is 11.5 Å². The highest BCUT2D eigenvalue weighted by atomic mass is 16.7. The van der Waals surface area contributed by atoms with Crippen LogP contribution in [-0.2, 0) is 10.2 Å². The first-order valence-electron chi connectivity index (χ1n) is 12.1. The Balaban J connectivity index is 1.52. The van der Waals surface area contributed by atoms with E-state index in [4.69, 9.17) is 18.9 Å². The molecule has 6 rings (SSSR count). The number of nitrogens with zero attached hydrogens (tertiary/aromatic N) is 1. The summed E-state index contributed by atoms with van der Waals surface area (Å²) in [6.07, 6.45) is 3.10. The molecule has 1 unspecified atom stereocenters. The van der Waals surface area contributed by atoms with Crippen molar-refractivity contribution in [3.8, 4) is 23.0 Å². The Morgan fingerprint density at radius 3 is 2.60 bits per heavy atom. The molecule has 0 radical (unpaired) electrons. The number of carbonyl (C=O) groups excluding carboxylic acids is 1. The molecule has 0 saturated carbocycles. The molecule has 35 heavy (non-hydrogen) atoms. The molecular weight excluding hydrogens is 444 g/mol. The Kier molecular flexibility index (Phi) is 5.20. The van der Waals surface area contributed by atoms with E-state index in [0.29, 0.717) is 23.8 Å². The second-order valence-corrected chi connectivity index (χ2v) is 9.08. The van der Waals surface area contributed by atoms with E-state index in [0.717, 1.165) is 53.2 Å². The van der Waals surface area contributed by atoms with Crippen LogP contribution in [0.1, 0.15) is 37.3 Å². The third kappa shape index (κ3) is 3.21. The summed E-state index contributed by atoms with van der Waals surface area (Å²) in [4.78, 5) is 16.2. The fourth-order valence-electron chi connectivity index (χ4n) is 5.42. The van der Waals surface area contributed by atoms with E-state index in [1.54, 1.807) is 7.11 Å². The average molecular weight is 473 g/mol. The minimum absolute atomic E-state index is 0.0375. The van der Waals surface area contributed by atoms with Crippen LogP contribution in [0.4, 0.5) is 17.1 Å². The molecular formula is C28H28N2O5. The second-order valence-electron chi connectivity index (χ2n) is 9.08. The smallest absolute Gasteiger partial charge is 0.245 e. The quantitative estimate of drug-likeness (QED) is 0.466. The highest BCUT2D eigenvalue weighted by Crippen LogP contribution is 2.57. The van der Waals surface area contributed by atoms with Gasteiger partial charge < -0.3 is 29.2 Å². The third-order valence-electron chi connectivity index (χ3n) is 7.11. The van der Waals surface area contributed by atoms with Crippen molar-refractivity contribution in [1.82, 2.24) is 0 Å². The van der Waals surface area contributed by atoms with Gasteiger partial charge in [-0.05, 0) is 36.8 Å². The predicted octanol–water partition coefficient (Wildman–Crippen LogP) is 5.38. The molecule has 7 nitrogen and oxygen atoms in total. The van der Waals surface area contributed by atoms with Gasteiger partial charge in [-0.3, -0.25) is 4.79 Å². The van der Waals surface area contributed by atoms with Crippen molar-refractivity contribution in [2.24, 2.45) is 0 Å². The molecule has 3 aromatic rings. The van der Waals surface area contributed by atoms with Crippen molar-refractivity contribution in [3.63, 3.8) is 0 Å². The number of ether oxygens (including phenoxy) is 4. The summed E-state index contributed by atoms with van der Waals surface area (Å²) in [6, 6.07) is 17.6. The topological polar surface area (TPSA) is 69.3 Å². The lowest BCUT2D eigenvalue weighted by Crippen LogP contribution is -2.43. The van der Waals surface area contributed by atoms with Crippen molar-refractivity contribution >= 4 is 23.0 Å². The molecule has 1 amide bonds. The van der Waals surface area contributed by atoms with Gasteiger partial charge >= 0.3 is 0 Å². The summed E-state index contributed by atoms with van der Waals surface area (Å²) in [7, 11) is 1.65. The zero-order valence-electron chi connectivity index (χ0n) is 19.9. The molecule has 1 atom stereocenters. The fourth-order valence-corrected chi connectivity index (χ4v) is 5.42. The van der Waals surface area contributed by atoms with E-state index in [9.17, 15) is 4.79 Å². The molecule has 3 aliphatic heterocycles. The van der Waals surface area contributed by atoms with Crippen molar-refractivity contribution in [1.29, 1.82) is 0 Å². The summed E-state index contributed by atoms with van der Waals surface area (Å²) in [5, 5.41) is 3.55. The molecule has 7 heteroatoms. The van der Waals surface area contributed by atoms with Gasteiger partial charge in [-0.2, -0.15) is 0 Å². The first kappa shape index (κ1) is 21.6. The number of anilines is 3. The van der Waals surface area contributed by atoms with Crippen molar-refractivity contribution in [2.75, 3.05) is 37.3 Å². The number of unbranched alkanes of at least 4 members (excludes halogenated alkanes) is 2. The van der Waals surface area contributed by atoms with Gasteiger partial charge in [0.05, 0.1) is 18.5 Å². The lowest BCUT2D eigenvalue weighted by atomic mass is 9.76. The maximum atomic E-state index is 14.3. The Bertz CT molecular complexity index is 1310. The number of rotatable bonds is 7. The standard InChI is InChI=1S/C28H28N2O5/c1-3-4-7-13-30-21-11-8-10-20(29-19-9-5-6-12-22(19)32-2)26(21)28(27(30)31)16-33-23-15-25-24(14-18(23)28)34-17-35-25/h5-6,8-12,14-15,29H,3-4,7,13,16-17H2,1-2H3. The number of methoxy groups -OCH3 is 1. The lowest BCUT2D eigenvalue weighted by molar-refractivity contribution is -0.122. The van der Waals surface area contributed by atoms with Crippen LogP contribution >= 0.6 is 0 Å². The van der Waals surface area contributed by atoms with Gasteiger partial charge in [0.25, 0.3) is 0 Å². The number of nitrogens with one attached hydrogen (secondary N) is 1. The minimum atomic E-state index is -0.969. The molecule has 0 aromatic heterocycles. The normalized spacial score (nSPS) is 19.0. The summed E-state index contributed by atoms with van der Waals surface area (Å²) < 4.78 is 23.0. The van der Waals surface area contributed by atoms with Crippen molar-refractivity contribution in [3.05, 3.63) is 65.7 Å². The van der Waals surface area contributed by atoms with Gasteiger partial charge in [0.1, 0.15) is 23.5 Å². The van der Waals surface area contributed by atoms with Crippen LogP contribution in [0, 0.1) is 0 Å². The Labute approximate surface area is 204 Å². The van der Waals surface area contributed by atoms with Crippen LogP contribution in [0.3, 0.4) is 0 Å². The molecule has 0 aliphatic carbocycles. The molecule has 3 heterocycles. The van der Waals surface area contributed by atoms with Gasteiger partial charge in [-0.1, -0.05) is 38.0 Å². The maximum absolute atomic E-state index is 14.3. The minimum Gasteiger partial charge on any atom is -0.495 e. The molecule has 180 valence electrons. The van der Waals surface area contributed by atoms with E-state index in [1.165, 1.54) is 0 Å². The number of benzene rings is 3. The predicted molar refractivity (Wildman–Crippen MR) is 133 cm³/mol. The molecule has 3 aliphatic rings. The number of amides is 1. The largest absolute Gasteiger partial charge is 0.495 e. The molecule has 1 spiro atoms. The molecule has 0 saturated heterocycles. The fraction of sp³-hybridized carbons (Fsp3) is 0.321. The average Bonchev–Trinajstić information content (AvgIpc) is 3.55. The third-order valence-corrected chi connectivity index (χ3v) is 7.11. The monoisotopic (exact) mass is 472 g/mol. The van der Waals surface area contributed by atoms with Crippen LogP contribution in [0.15, 0.2) is 54.6 Å². The highest BCUT2D eigenvalue weighted by Gasteiger charge is 2.58. The molecule has 3 aromatic carbocycles.